The maximum atomic E-state index is 12.2. The van der Waals surface area contributed by atoms with E-state index in [-0.39, 0.29) is 5.91 Å². The van der Waals surface area contributed by atoms with Gasteiger partial charge in [-0.05, 0) is 31.5 Å². The molecule has 0 aromatic heterocycles. The Morgan fingerprint density at radius 2 is 2.11 bits per heavy atom. The van der Waals surface area contributed by atoms with Gasteiger partial charge >= 0.3 is 0 Å². The Hall–Kier alpha value is -1.07. The minimum absolute atomic E-state index is 0.0164. The first kappa shape index (κ1) is 14.3. The fourth-order valence-electron chi connectivity index (χ4n) is 1.98. The summed E-state index contributed by atoms with van der Waals surface area (Å²) in [5.41, 5.74) is 1.02. The van der Waals surface area contributed by atoms with E-state index in [0.29, 0.717) is 26.3 Å². The summed E-state index contributed by atoms with van der Waals surface area (Å²) in [7, 11) is 0. The number of hydrogen-bond donors (Lipinski definition) is 0. The van der Waals surface area contributed by atoms with Gasteiger partial charge in [-0.3, -0.25) is 4.79 Å². The Labute approximate surface area is 121 Å². The maximum absolute atomic E-state index is 12.2. The Morgan fingerprint density at radius 3 is 2.79 bits per heavy atom. The lowest BCUT2D eigenvalue weighted by Crippen LogP contribution is -2.46. The molecule has 1 aliphatic heterocycles. The average Bonchev–Trinajstić information content (AvgIpc) is 2.43. The molecule has 0 radical (unpaired) electrons. The van der Waals surface area contributed by atoms with E-state index in [2.05, 4.69) is 15.9 Å². The predicted molar refractivity (Wildman–Crippen MR) is 76.4 cm³/mol. The molecule has 1 aromatic carbocycles. The Morgan fingerprint density at radius 1 is 1.42 bits per heavy atom. The van der Waals surface area contributed by atoms with Gasteiger partial charge in [-0.2, -0.15) is 0 Å². The largest absolute Gasteiger partial charge is 0.481 e. The lowest BCUT2D eigenvalue weighted by Gasteiger charge is -2.29. The predicted octanol–water partition coefficient (Wildman–Crippen LogP) is 2.38. The van der Waals surface area contributed by atoms with Crippen molar-refractivity contribution in [3.63, 3.8) is 0 Å². The molecule has 2 rings (SSSR count). The first-order valence-corrected chi connectivity index (χ1v) is 7.16. The van der Waals surface area contributed by atoms with Crippen LogP contribution in [0.1, 0.15) is 12.5 Å². The van der Waals surface area contributed by atoms with Gasteiger partial charge in [0.05, 0.1) is 13.2 Å². The second kappa shape index (κ2) is 6.39. The van der Waals surface area contributed by atoms with Crippen molar-refractivity contribution in [3.05, 3.63) is 28.2 Å². The summed E-state index contributed by atoms with van der Waals surface area (Å²) in [5.74, 6) is 0.756. The molecule has 1 unspecified atom stereocenters. The van der Waals surface area contributed by atoms with Crippen LogP contribution >= 0.6 is 15.9 Å². The summed E-state index contributed by atoms with van der Waals surface area (Å²) >= 11 is 3.41. The standard InChI is InChI=1S/C14H18BrNO3/c1-10-3-4-12(15)9-13(10)19-11(2)14(17)16-5-7-18-8-6-16/h3-4,9,11H,5-8H2,1-2H3. The summed E-state index contributed by atoms with van der Waals surface area (Å²) in [6, 6.07) is 5.81. The molecule has 0 N–H and O–H groups in total. The number of hydrogen-bond acceptors (Lipinski definition) is 3. The normalized spacial score (nSPS) is 17.1. The van der Waals surface area contributed by atoms with Crippen molar-refractivity contribution in [1.29, 1.82) is 0 Å². The van der Waals surface area contributed by atoms with Crippen LogP contribution in [0.5, 0.6) is 5.75 Å². The van der Waals surface area contributed by atoms with Crippen molar-refractivity contribution in [1.82, 2.24) is 4.90 Å². The fraction of sp³-hybridized carbons (Fsp3) is 0.500. The van der Waals surface area contributed by atoms with Gasteiger partial charge in [0.25, 0.3) is 5.91 Å². The van der Waals surface area contributed by atoms with Crippen LogP contribution in [0, 0.1) is 6.92 Å². The lowest BCUT2D eigenvalue weighted by molar-refractivity contribution is -0.142. The SMILES string of the molecule is Cc1ccc(Br)cc1OC(C)C(=O)N1CCOCC1. The number of nitrogens with zero attached hydrogens (tertiary/aromatic N) is 1. The zero-order valence-corrected chi connectivity index (χ0v) is 12.8. The van der Waals surface area contributed by atoms with Crippen LogP contribution in [0.4, 0.5) is 0 Å². The Bertz CT molecular complexity index is 458. The molecule has 0 bridgehead atoms. The minimum Gasteiger partial charge on any atom is -0.481 e. The number of carbonyl (C=O) groups is 1. The van der Waals surface area contributed by atoms with Gasteiger partial charge in [0.15, 0.2) is 6.10 Å². The molecule has 0 saturated carbocycles. The quantitative estimate of drug-likeness (QED) is 0.855. The molecule has 1 heterocycles. The highest BCUT2D eigenvalue weighted by Crippen LogP contribution is 2.24. The first-order chi connectivity index (χ1) is 9.08. The number of aryl methyl sites for hydroxylation is 1. The van der Waals surface area contributed by atoms with Crippen molar-refractivity contribution in [2.24, 2.45) is 0 Å². The van der Waals surface area contributed by atoms with Crippen LogP contribution in [0.3, 0.4) is 0 Å². The molecule has 0 spiro atoms. The van der Waals surface area contributed by atoms with Crippen molar-refractivity contribution in [2.45, 2.75) is 20.0 Å². The smallest absolute Gasteiger partial charge is 0.263 e. The number of rotatable bonds is 3. The van der Waals surface area contributed by atoms with E-state index in [9.17, 15) is 4.79 Å². The highest BCUT2D eigenvalue weighted by Gasteiger charge is 2.24. The van der Waals surface area contributed by atoms with Gasteiger partial charge in [-0.1, -0.05) is 22.0 Å². The molecular formula is C14H18BrNO3. The van der Waals surface area contributed by atoms with E-state index >= 15 is 0 Å². The summed E-state index contributed by atoms with van der Waals surface area (Å²) in [5, 5.41) is 0. The van der Waals surface area contributed by atoms with E-state index in [1.165, 1.54) is 0 Å². The van der Waals surface area contributed by atoms with E-state index in [4.69, 9.17) is 9.47 Å². The van der Waals surface area contributed by atoms with E-state index in [0.717, 1.165) is 15.8 Å². The second-order valence-corrected chi connectivity index (χ2v) is 5.52. The summed E-state index contributed by atoms with van der Waals surface area (Å²) in [6.45, 7) is 6.25. The molecule has 104 valence electrons. The van der Waals surface area contributed by atoms with Crippen LogP contribution in [-0.4, -0.2) is 43.2 Å². The van der Waals surface area contributed by atoms with Crippen LogP contribution in [0.2, 0.25) is 0 Å². The molecule has 5 heteroatoms. The molecule has 1 saturated heterocycles. The van der Waals surface area contributed by atoms with Crippen LogP contribution in [-0.2, 0) is 9.53 Å². The number of halogens is 1. The summed E-state index contributed by atoms with van der Waals surface area (Å²) in [6.07, 6.45) is -0.480. The van der Waals surface area contributed by atoms with Crippen LogP contribution in [0.25, 0.3) is 0 Å². The van der Waals surface area contributed by atoms with Crippen molar-refractivity contribution in [2.75, 3.05) is 26.3 Å². The van der Waals surface area contributed by atoms with E-state index in [1.54, 1.807) is 11.8 Å². The van der Waals surface area contributed by atoms with Crippen molar-refractivity contribution >= 4 is 21.8 Å². The number of benzene rings is 1. The zero-order valence-electron chi connectivity index (χ0n) is 11.2. The molecule has 1 fully saturated rings. The van der Waals surface area contributed by atoms with E-state index < -0.39 is 6.10 Å². The summed E-state index contributed by atoms with van der Waals surface area (Å²) < 4.78 is 12.0. The third-order valence-corrected chi connectivity index (χ3v) is 3.62. The number of morpholine rings is 1. The van der Waals surface area contributed by atoms with Gasteiger partial charge in [-0.15, -0.1) is 0 Å². The first-order valence-electron chi connectivity index (χ1n) is 6.37. The van der Waals surface area contributed by atoms with E-state index in [1.807, 2.05) is 25.1 Å². The monoisotopic (exact) mass is 327 g/mol. The molecule has 1 atom stereocenters. The zero-order chi connectivity index (χ0) is 13.8. The van der Waals surface area contributed by atoms with Crippen LogP contribution < -0.4 is 4.74 Å². The number of carbonyl (C=O) groups excluding carboxylic acids is 1. The van der Waals surface area contributed by atoms with Crippen molar-refractivity contribution < 1.29 is 14.3 Å². The highest BCUT2D eigenvalue weighted by molar-refractivity contribution is 9.10. The summed E-state index contributed by atoms with van der Waals surface area (Å²) in [4.78, 5) is 14.0. The molecule has 19 heavy (non-hydrogen) atoms. The van der Waals surface area contributed by atoms with Gasteiger partial charge in [0.1, 0.15) is 5.75 Å². The maximum Gasteiger partial charge on any atom is 0.263 e. The Kier molecular flexibility index (Phi) is 4.82. The Balaban J connectivity index is 2.01. The van der Waals surface area contributed by atoms with Gasteiger partial charge in [0.2, 0.25) is 0 Å². The van der Waals surface area contributed by atoms with Gasteiger partial charge in [-0.25, -0.2) is 0 Å². The molecule has 1 aliphatic rings. The molecular weight excluding hydrogens is 310 g/mol. The molecule has 1 aromatic rings. The molecule has 4 nitrogen and oxygen atoms in total. The van der Waals surface area contributed by atoms with Crippen molar-refractivity contribution in [3.8, 4) is 5.75 Å². The molecule has 1 amide bonds. The highest BCUT2D eigenvalue weighted by atomic mass is 79.9. The number of amides is 1. The lowest BCUT2D eigenvalue weighted by atomic mass is 10.2. The minimum atomic E-state index is -0.480. The second-order valence-electron chi connectivity index (χ2n) is 4.61. The number of ether oxygens (including phenoxy) is 2. The topological polar surface area (TPSA) is 38.8 Å². The van der Waals surface area contributed by atoms with Gasteiger partial charge in [0, 0.05) is 17.6 Å². The third kappa shape index (κ3) is 3.70. The fourth-order valence-corrected chi connectivity index (χ4v) is 2.32. The molecule has 0 aliphatic carbocycles. The van der Waals surface area contributed by atoms with Crippen LogP contribution in [0.15, 0.2) is 22.7 Å². The average molecular weight is 328 g/mol. The van der Waals surface area contributed by atoms with Gasteiger partial charge < -0.3 is 14.4 Å². The third-order valence-electron chi connectivity index (χ3n) is 3.12.